The Morgan fingerprint density at radius 3 is 1.06 bits per heavy atom. The average Bonchev–Trinajstić information content (AvgIpc) is 3.36. The van der Waals surface area contributed by atoms with Gasteiger partial charge < -0.3 is 10.6 Å². The highest BCUT2D eigenvalue weighted by atomic mass is 15.2. The number of hydrogen-bond acceptors (Lipinski definition) is 4. The van der Waals surface area contributed by atoms with Crippen molar-refractivity contribution in [3.8, 4) is 0 Å². The van der Waals surface area contributed by atoms with Crippen LogP contribution in [0.5, 0.6) is 0 Å². The number of hydrogen-bond donors (Lipinski definition) is 2. The van der Waals surface area contributed by atoms with Crippen molar-refractivity contribution in [1.29, 1.82) is 0 Å². The summed E-state index contributed by atoms with van der Waals surface area (Å²) in [6.45, 7) is 11.3. The minimum Gasteiger partial charge on any atom is -0.312 e. The fraction of sp³-hybridized carbons (Fsp3) is 0.968. The van der Waals surface area contributed by atoms with Crippen LogP contribution in [0.4, 0.5) is 0 Å². The van der Waals surface area contributed by atoms with E-state index in [-0.39, 0.29) is 0 Å². The molecule has 2 heterocycles. The van der Waals surface area contributed by atoms with E-state index in [2.05, 4.69) is 60.3 Å². The molecule has 6 atom stereocenters. The number of rotatable bonds is 11. The van der Waals surface area contributed by atoms with Gasteiger partial charge in [0.05, 0.1) is 0 Å². The maximum atomic E-state index is 4.38. The Labute approximate surface area is 409 Å². The van der Waals surface area contributed by atoms with E-state index in [0.29, 0.717) is 0 Å². The Morgan fingerprint density at radius 2 is 0.606 bits per heavy atom. The van der Waals surface area contributed by atoms with E-state index < -0.39 is 0 Å². The zero-order valence-corrected chi connectivity index (χ0v) is 44.1. The molecule has 2 aliphatic heterocycles. The Morgan fingerprint density at radius 1 is 0.288 bits per heavy atom. The first-order valence-electron chi connectivity index (χ1n) is 31.0. The molecule has 10 aliphatic rings. The van der Waals surface area contributed by atoms with E-state index in [0.717, 1.165) is 119 Å². The summed E-state index contributed by atoms with van der Waals surface area (Å²) >= 11 is 0. The van der Waals surface area contributed by atoms with E-state index >= 15 is 0 Å². The molecule has 10 rings (SSSR count). The molecule has 376 valence electrons. The van der Waals surface area contributed by atoms with Gasteiger partial charge in [0.15, 0.2) is 0 Å². The summed E-state index contributed by atoms with van der Waals surface area (Å²) in [5, 5.41) is 8.65. The van der Waals surface area contributed by atoms with Crippen LogP contribution in [-0.4, -0.2) is 70.7 Å². The van der Waals surface area contributed by atoms with E-state index in [1.165, 1.54) is 225 Å². The van der Waals surface area contributed by atoms with Crippen LogP contribution < -0.4 is 10.6 Å². The van der Waals surface area contributed by atoms with Crippen LogP contribution in [0.3, 0.4) is 0 Å². The molecule has 66 heavy (non-hydrogen) atoms. The quantitative estimate of drug-likeness (QED) is 0.202. The second kappa shape index (κ2) is 23.4. The van der Waals surface area contributed by atoms with Gasteiger partial charge in [-0.15, -0.1) is 0 Å². The van der Waals surface area contributed by atoms with Crippen LogP contribution >= 0.6 is 0 Å². The van der Waals surface area contributed by atoms with E-state index in [4.69, 9.17) is 0 Å². The molecule has 8 saturated carbocycles. The van der Waals surface area contributed by atoms with Gasteiger partial charge in [-0.3, -0.25) is 9.80 Å². The van der Waals surface area contributed by atoms with Crippen molar-refractivity contribution >= 4 is 0 Å². The van der Waals surface area contributed by atoms with E-state index in [1.54, 1.807) is 6.42 Å². The number of nitrogens with one attached hydrogen (secondary N) is 2. The van der Waals surface area contributed by atoms with Gasteiger partial charge in [-0.2, -0.15) is 0 Å². The average molecular weight is 910 g/mol. The highest BCUT2D eigenvalue weighted by Crippen LogP contribution is 2.47. The lowest BCUT2D eigenvalue weighted by molar-refractivity contribution is 0.00692. The third-order valence-corrected chi connectivity index (χ3v) is 23.0. The van der Waals surface area contributed by atoms with Crippen molar-refractivity contribution in [2.75, 3.05) is 6.54 Å². The molecular formula is C62H108N4. The smallest absolute Gasteiger partial charge is 0.0227 e. The Hall–Kier alpha value is -0.420. The van der Waals surface area contributed by atoms with Gasteiger partial charge in [-0.05, 0) is 290 Å². The molecular weight excluding hydrogens is 801 g/mol. The van der Waals surface area contributed by atoms with Crippen molar-refractivity contribution in [3.05, 3.63) is 12.2 Å². The van der Waals surface area contributed by atoms with Crippen LogP contribution in [0, 0.1) is 65.1 Å². The molecule has 6 unspecified atom stereocenters. The van der Waals surface area contributed by atoms with Crippen LogP contribution in [0.25, 0.3) is 0 Å². The number of fused-ring (bicyclic) bond motifs is 1. The number of nitrogens with zero attached hydrogens (tertiary/aromatic N) is 2. The molecule has 8 aliphatic carbocycles. The lowest BCUT2D eigenvalue weighted by Gasteiger charge is -2.50. The summed E-state index contributed by atoms with van der Waals surface area (Å²) in [5.41, 5.74) is 0. The van der Waals surface area contributed by atoms with Gasteiger partial charge >= 0.3 is 0 Å². The first kappa shape index (κ1) is 49.2. The molecule has 2 N–H and O–H groups in total. The van der Waals surface area contributed by atoms with E-state index in [1.807, 2.05) is 0 Å². The maximum Gasteiger partial charge on any atom is 0.0227 e. The lowest BCUT2D eigenvalue weighted by atomic mass is 9.64. The predicted octanol–water partition coefficient (Wildman–Crippen LogP) is 15.3. The summed E-state index contributed by atoms with van der Waals surface area (Å²) in [5.74, 6) is 10.4. The molecule has 0 radical (unpaired) electrons. The van der Waals surface area contributed by atoms with E-state index in [9.17, 15) is 0 Å². The van der Waals surface area contributed by atoms with Gasteiger partial charge in [0, 0.05) is 60.9 Å². The van der Waals surface area contributed by atoms with Gasteiger partial charge in [-0.25, -0.2) is 0 Å². The Balaban J connectivity index is 0.618. The largest absolute Gasteiger partial charge is 0.312 e. The molecule has 0 amide bonds. The third-order valence-electron chi connectivity index (χ3n) is 23.0. The van der Waals surface area contributed by atoms with Gasteiger partial charge in [0.1, 0.15) is 0 Å². The fourth-order valence-electron chi connectivity index (χ4n) is 18.5. The van der Waals surface area contributed by atoms with Crippen LogP contribution in [0.2, 0.25) is 0 Å². The molecule has 10 fully saturated rings. The first-order valence-corrected chi connectivity index (χ1v) is 31.0. The van der Waals surface area contributed by atoms with Crippen LogP contribution in [0.15, 0.2) is 12.2 Å². The minimum atomic E-state index is 0.798. The van der Waals surface area contributed by atoms with Gasteiger partial charge in [-0.1, -0.05) is 39.8 Å². The molecule has 0 aromatic heterocycles. The summed E-state index contributed by atoms with van der Waals surface area (Å²) in [4.78, 5) is 6.34. The number of piperidine rings is 2. The summed E-state index contributed by atoms with van der Waals surface area (Å²) in [6, 6.07) is 7.63. The lowest BCUT2D eigenvalue weighted by Crippen LogP contribution is -2.58. The predicted molar refractivity (Wildman–Crippen MR) is 281 cm³/mol. The first-order chi connectivity index (χ1) is 32.3. The maximum absolute atomic E-state index is 4.38. The molecule has 2 saturated heterocycles. The van der Waals surface area contributed by atoms with Crippen molar-refractivity contribution in [3.63, 3.8) is 0 Å². The summed E-state index contributed by atoms with van der Waals surface area (Å²) < 4.78 is 0. The van der Waals surface area contributed by atoms with Gasteiger partial charge in [0.2, 0.25) is 0 Å². The zero-order chi connectivity index (χ0) is 45.0. The highest BCUT2D eigenvalue weighted by Gasteiger charge is 2.44. The molecule has 0 aromatic carbocycles. The third kappa shape index (κ3) is 12.2. The van der Waals surface area contributed by atoms with Gasteiger partial charge in [0.25, 0.3) is 0 Å². The normalized spacial score (nSPS) is 48.0. The van der Waals surface area contributed by atoms with Crippen LogP contribution in [-0.2, 0) is 0 Å². The second-order valence-corrected chi connectivity index (χ2v) is 27.4. The topological polar surface area (TPSA) is 30.5 Å². The standard InChI is InChI=1S/C62H108N4/c1-43-5-27-54(28-6-43)65(55-29-7-44(2)8-30-55)58-35-17-48(18-36-58)14-13-47-15-19-51(20-16-47)61-39-26-53-41-52(25-38-62(53)64-61)49-21-23-50(24-22-49)60-40-37-59(42-63-60)66(56-31-9-45(3)10-32-56)57-33-11-46(4)12-34-57/h13-14,43-64H,5-12,15-42H2,1-4H3/b14-13+. The molecule has 4 heteroatoms. The number of allylic oxidation sites excluding steroid dienone is 2. The van der Waals surface area contributed by atoms with Crippen molar-refractivity contribution in [2.45, 2.75) is 307 Å². The zero-order valence-electron chi connectivity index (χ0n) is 44.1. The monoisotopic (exact) mass is 909 g/mol. The molecule has 0 spiro atoms. The Kier molecular flexibility index (Phi) is 17.4. The fourth-order valence-corrected chi connectivity index (χ4v) is 18.5. The molecule has 0 aromatic rings. The molecule has 0 bridgehead atoms. The van der Waals surface area contributed by atoms with Crippen molar-refractivity contribution in [1.82, 2.24) is 20.4 Å². The Bertz CT molecular complexity index is 1390. The van der Waals surface area contributed by atoms with Crippen molar-refractivity contribution in [2.24, 2.45) is 65.1 Å². The SMILES string of the molecule is CC1CCC(N(C2CCC(C)CC2)C2CCC(/C=C/C3CCC(C4CCC5CC(C6CCC(C7CCC(N(C8CCC(C)CC8)C8CCC(C)CC8)CN7)CC6)CCC5N4)CC3)CC2)CC1. The minimum absolute atomic E-state index is 0.798. The van der Waals surface area contributed by atoms with Crippen molar-refractivity contribution < 1.29 is 0 Å². The van der Waals surface area contributed by atoms with Crippen LogP contribution in [0.1, 0.15) is 252 Å². The summed E-state index contributed by atoms with van der Waals surface area (Å²) in [6.07, 6.45) is 57.3. The summed E-state index contributed by atoms with van der Waals surface area (Å²) in [7, 11) is 0. The highest BCUT2D eigenvalue weighted by molar-refractivity contribution is 5.02. The molecule has 4 nitrogen and oxygen atoms in total. The second-order valence-electron chi connectivity index (χ2n) is 27.4.